The molecule has 0 bridgehead atoms. The Morgan fingerprint density at radius 1 is 1.22 bits per heavy atom. The number of hydrogen-bond acceptors (Lipinski definition) is 5. The van der Waals surface area contributed by atoms with Gasteiger partial charge >= 0.3 is 0 Å². The van der Waals surface area contributed by atoms with E-state index in [1.165, 1.54) is 6.26 Å². The number of nitrogens with one attached hydrogen (secondary N) is 2. The molecule has 156 valence electrons. The minimum atomic E-state index is -3.00. The fraction of sp³-hybridized carbons (Fsp3) is 0.611. The number of aliphatic imine (C=N–C) groups is 1. The Morgan fingerprint density at radius 2 is 1.96 bits per heavy atom. The molecular formula is C18H32IN3O4S. The lowest BCUT2D eigenvalue weighted by atomic mass is 10.1. The zero-order valence-electron chi connectivity index (χ0n) is 16.6. The molecule has 9 heteroatoms. The number of benzene rings is 1. The summed E-state index contributed by atoms with van der Waals surface area (Å²) in [5, 5.41) is 6.16. The molecule has 0 aliphatic carbocycles. The first-order valence-corrected chi connectivity index (χ1v) is 10.8. The van der Waals surface area contributed by atoms with E-state index in [9.17, 15) is 8.42 Å². The highest BCUT2D eigenvalue weighted by molar-refractivity contribution is 14.0. The van der Waals surface area contributed by atoms with Crippen LogP contribution in [0.3, 0.4) is 0 Å². The fourth-order valence-corrected chi connectivity index (χ4v) is 2.65. The lowest BCUT2D eigenvalue weighted by molar-refractivity contribution is 0.172. The van der Waals surface area contributed by atoms with Crippen LogP contribution in [0.15, 0.2) is 23.2 Å². The highest BCUT2D eigenvalue weighted by Crippen LogP contribution is 2.21. The van der Waals surface area contributed by atoms with E-state index in [1.807, 2.05) is 32.0 Å². The molecule has 27 heavy (non-hydrogen) atoms. The minimum Gasteiger partial charge on any atom is -0.493 e. The summed E-state index contributed by atoms with van der Waals surface area (Å²) in [5.74, 6) is 1.47. The Morgan fingerprint density at radius 3 is 2.59 bits per heavy atom. The van der Waals surface area contributed by atoms with Crippen molar-refractivity contribution in [2.75, 3.05) is 45.4 Å². The lowest BCUT2D eigenvalue weighted by Crippen LogP contribution is -2.39. The van der Waals surface area contributed by atoms with Crippen molar-refractivity contribution >= 4 is 39.8 Å². The van der Waals surface area contributed by atoms with Crippen LogP contribution in [0.5, 0.6) is 5.75 Å². The van der Waals surface area contributed by atoms with Gasteiger partial charge in [0.1, 0.15) is 15.6 Å². The maximum absolute atomic E-state index is 11.2. The summed E-state index contributed by atoms with van der Waals surface area (Å²) in [7, 11) is -1.33. The molecule has 0 unspecified atom stereocenters. The number of nitrogens with zero attached hydrogens (tertiary/aromatic N) is 1. The van der Waals surface area contributed by atoms with Crippen LogP contribution >= 0.6 is 24.0 Å². The molecule has 0 aliphatic rings. The van der Waals surface area contributed by atoms with Gasteiger partial charge in [-0.25, -0.2) is 13.4 Å². The first-order valence-electron chi connectivity index (χ1n) is 8.77. The van der Waals surface area contributed by atoms with Gasteiger partial charge in [-0.1, -0.05) is 12.1 Å². The molecule has 1 rings (SSSR count). The molecular weight excluding hydrogens is 481 g/mol. The maximum Gasteiger partial charge on any atom is 0.191 e. The van der Waals surface area contributed by atoms with Gasteiger partial charge in [-0.3, -0.25) is 0 Å². The Balaban J connectivity index is 0.00000676. The smallest absolute Gasteiger partial charge is 0.191 e. The molecule has 0 fully saturated rings. The predicted molar refractivity (Wildman–Crippen MR) is 121 cm³/mol. The van der Waals surface area contributed by atoms with Gasteiger partial charge in [0, 0.05) is 45.0 Å². The number of rotatable bonds is 11. The normalized spacial score (nSPS) is 11.6. The highest BCUT2D eigenvalue weighted by Gasteiger charge is 2.06. The molecule has 1 aromatic rings. The molecule has 0 saturated heterocycles. The van der Waals surface area contributed by atoms with Crippen molar-refractivity contribution in [3.8, 4) is 5.75 Å². The average molecular weight is 513 g/mol. The van der Waals surface area contributed by atoms with Crippen LogP contribution in [0, 0.1) is 6.92 Å². The van der Waals surface area contributed by atoms with E-state index < -0.39 is 9.84 Å². The van der Waals surface area contributed by atoms with E-state index in [0.29, 0.717) is 38.8 Å². The quantitative estimate of drug-likeness (QED) is 0.204. The number of methoxy groups -OCH3 is 1. The van der Waals surface area contributed by atoms with Crippen LogP contribution in [0.1, 0.15) is 24.5 Å². The minimum absolute atomic E-state index is 0. The monoisotopic (exact) mass is 513 g/mol. The van der Waals surface area contributed by atoms with Crippen LogP contribution in [0.4, 0.5) is 0 Å². The molecule has 0 atom stereocenters. The number of aryl methyl sites for hydroxylation is 1. The van der Waals surface area contributed by atoms with E-state index in [0.717, 1.165) is 23.3 Å². The Kier molecular flexibility index (Phi) is 13.4. The van der Waals surface area contributed by atoms with Gasteiger partial charge in [0.05, 0.1) is 18.9 Å². The Labute approximate surface area is 180 Å². The van der Waals surface area contributed by atoms with Crippen LogP contribution in [-0.2, 0) is 21.1 Å². The second-order valence-electron chi connectivity index (χ2n) is 6.06. The van der Waals surface area contributed by atoms with Crippen molar-refractivity contribution in [1.82, 2.24) is 10.6 Å². The number of hydrogen-bond donors (Lipinski definition) is 2. The molecule has 0 spiro atoms. The van der Waals surface area contributed by atoms with Gasteiger partial charge in [0.15, 0.2) is 5.96 Å². The standard InChI is InChI=1S/C18H31N3O4S.HI/c1-5-19-18(20-9-12-26(4,22)23)21-14-16-8-7-15(2)13-17(16)25-11-6-10-24-3;/h7-8,13H,5-6,9-12,14H2,1-4H3,(H2,19,20,21);1H. The summed E-state index contributed by atoms with van der Waals surface area (Å²) in [6.45, 7) is 6.68. The number of guanidine groups is 1. The summed E-state index contributed by atoms with van der Waals surface area (Å²) >= 11 is 0. The Hall–Kier alpha value is -1.07. The third-order valence-electron chi connectivity index (χ3n) is 3.49. The average Bonchev–Trinajstić information content (AvgIpc) is 2.56. The van der Waals surface area contributed by atoms with Crippen LogP contribution in [0.25, 0.3) is 0 Å². The van der Waals surface area contributed by atoms with Crippen molar-refractivity contribution in [2.24, 2.45) is 4.99 Å². The first-order chi connectivity index (χ1) is 12.4. The van der Waals surface area contributed by atoms with E-state index in [-0.39, 0.29) is 29.7 Å². The summed E-state index contributed by atoms with van der Waals surface area (Å²) in [6, 6.07) is 6.03. The third-order valence-corrected chi connectivity index (χ3v) is 4.44. The molecule has 7 nitrogen and oxygen atoms in total. The van der Waals surface area contributed by atoms with Gasteiger partial charge in [-0.05, 0) is 25.5 Å². The van der Waals surface area contributed by atoms with E-state index >= 15 is 0 Å². The van der Waals surface area contributed by atoms with Crippen LogP contribution < -0.4 is 15.4 Å². The molecule has 0 aliphatic heterocycles. The van der Waals surface area contributed by atoms with Crippen molar-refractivity contribution in [3.05, 3.63) is 29.3 Å². The highest BCUT2D eigenvalue weighted by atomic mass is 127. The van der Waals surface area contributed by atoms with E-state index in [1.54, 1.807) is 7.11 Å². The van der Waals surface area contributed by atoms with Crippen molar-refractivity contribution in [2.45, 2.75) is 26.8 Å². The van der Waals surface area contributed by atoms with Gasteiger partial charge in [-0.15, -0.1) is 24.0 Å². The van der Waals surface area contributed by atoms with Gasteiger partial charge in [-0.2, -0.15) is 0 Å². The number of sulfone groups is 1. The van der Waals surface area contributed by atoms with Gasteiger partial charge in [0.25, 0.3) is 0 Å². The largest absolute Gasteiger partial charge is 0.493 e. The summed E-state index contributed by atoms with van der Waals surface area (Å²) in [4.78, 5) is 4.53. The van der Waals surface area contributed by atoms with Crippen molar-refractivity contribution < 1.29 is 17.9 Å². The molecule has 0 amide bonds. The zero-order chi connectivity index (χ0) is 19.4. The fourth-order valence-electron chi connectivity index (χ4n) is 2.17. The third kappa shape index (κ3) is 12.1. The molecule has 2 N–H and O–H groups in total. The zero-order valence-corrected chi connectivity index (χ0v) is 19.7. The maximum atomic E-state index is 11.2. The molecule has 0 aromatic heterocycles. The van der Waals surface area contributed by atoms with E-state index in [4.69, 9.17) is 9.47 Å². The van der Waals surface area contributed by atoms with Crippen molar-refractivity contribution in [1.29, 1.82) is 0 Å². The number of ether oxygens (including phenoxy) is 2. The number of halogens is 1. The first kappa shape index (κ1) is 25.9. The Bertz CT molecular complexity index is 681. The second-order valence-corrected chi connectivity index (χ2v) is 8.32. The van der Waals surface area contributed by atoms with E-state index in [2.05, 4.69) is 15.6 Å². The molecule has 1 aromatic carbocycles. The molecule has 0 heterocycles. The van der Waals surface area contributed by atoms with Crippen molar-refractivity contribution in [3.63, 3.8) is 0 Å². The van der Waals surface area contributed by atoms with Gasteiger partial charge in [0.2, 0.25) is 0 Å². The summed E-state index contributed by atoms with van der Waals surface area (Å²) in [5.41, 5.74) is 2.10. The summed E-state index contributed by atoms with van der Waals surface area (Å²) < 4.78 is 33.4. The summed E-state index contributed by atoms with van der Waals surface area (Å²) in [6.07, 6.45) is 2.04. The predicted octanol–water partition coefficient (Wildman–Crippen LogP) is 2.13. The van der Waals surface area contributed by atoms with Gasteiger partial charge < -0.3 is 20.1 Å². The second kappa shape index (κ2) is 14.0. The SMILES string of the molecule is CCNC(=NCc1ccc(C)cc1OCCCOC)NCCS(C)(=O)=O.I. The topological polar surface area (TPSA) is 89.0 Å². The lowest BCUT2D eigenvalue weighted by Gasteiger charge is -2.13. The molecule has 0 radical (unpaired) electrons. The molecule has 0 saturated carbocycles. The van der Waals surface area contributed by atoms with Crippen LogP contribution in [-0.4, -0.2) is 59.8 Å². The van der Waals surface area contributed by atoms with Crippen LogP contribution in [0.2, 0.25) is 0 Å².